The highest BCUT2D eigenvalue weighted by Crippen LogP contribution is 2.38. The highest BCUT2D eigenvalue weighted by Gasteiger charge is 2.54. The van der Waals surface area contributed by atoms with Gasteiger partial charge in [-0.1, -0.05) is 13.3 Å². The largest absolute Gasteiger partial charge is 0.479 e. The summed E-state index contributed by atoms with van der Waals surface area (Å²) >= 11 is 0. The van der Waals surface area contributed by atoms with Crippen LogP contribution < -0.4 is 0 Å². The first-order valence-electron chi connectivity index (χ1n) is 5.63. The number of fused-ring (bicyclic) bond motifs is 1. The molecule has 2 atom stereocenters. The Balaban J connectivity index is 2.33. The maximum absolute atomic E-state index is 11.3. The third kappa shape index (κ3) is 1.78. The lowest BCUT2D eigenvalue weighted by molar-refractivity contribution is -0.163. The van der Waals surface area contributed by atoms with Crippen LogP contribution in [0.2, 0.25) is 0 Å². The van der Waals surface area contributed by atoms with Gasteiger partial charge < -0.3 is 14.9 Å². The van der Waals surface area contributed by atoms with Crippen LogP contribution in [0.25, 0.3) is 0 Å². The minimum atomic E-state index is -1.11. The van der Waals surface area contributed by atoms with Gasteiger partial charge in [-0.15, -0.1) is 0 Å². The zero-order valence-electron chi connectivity index (χ0n) is 9.55. The number of aliphatic carboxylic acids is 1. The van der Waals surface area contributed by atoms with Crippen molar-refractivity contribution in [3.8, 4) is 0 Å². The number of β-lactam (4-membered cyclic amide) rings is 1. The van der Waals surface area contributed by atoms with E-state index in [1.165, 1.54) is 4.90 Å². The van der Waals surface area contributed by atoms with E-state index in [-0.39, 0.29) is 24.7 Å². The van der Waals surface area contributed by atoms with Crippen LogP contribution in [0.5, 0.6) is 0 Å². The second-order valence-electron chi connectivity index (χ2n) is 4.19. The Bertz CT molecular complexity index is 389. The van der Waals surface area contributed by atoms with Crippen molar-refractivity contribution in [1.82, 2.24) is 4.90 Å². The van der Waals surface area contributed by atoms with Crippen LogP contribution in [0.15, 0.2) is 11.3 Å². The van der Waals surface area contributed by atoms with E-state index in [0.29, 0.717) is 12.0 Å². The SMILES string of the molecule is CCCC(CO)=C1O[C@@H]2CC(=O)N2C1C(=O)O. The molecule has 94 valence electrons. The Morgan fingerprint density at radius 1 is 1.59 bits per heavy atom. The van der Waals surface area contributed by atoms with Crippen LogP contribution in [0.1, 0.15) is 26.2 Å². The fraction of sp³-hybridized carbons (Fsp3) is 0.636. The topological polar surface area (TPSA) is 87.1 Å². The van der Waals surface area contributed by atoms with Gasteiger partial charge in [-0.25, -0.2) is 4.79 Å². The summed E-state index contributed by atoms with van der Waals surface area (Å²) < 4.78 is 5.45. The van der Waals surface area contributed by atoms with E-state index in [1.54, 1.807) is 0 Å². The molecule has 0 aliphatic carbocycles. The summed E-state index contributed by atoms with van der Waals surface area (Å²) in [4.78, 5) is 23.7. The number of carbonyl (C=O) groups excluding carboxylic acids is 1. The summed E-state index contributed by atoms with van der Waals surface area (Å²) in [6, 6.07) is -1.06. The Morgan fingerprint density at radius 2 is 2.29 bits per heavy atom. The molecule has 0 spiro atoms. The molecular formula is C11H15NO5. The van der Waals surface area contributed by atoms with Crippen LogP contribution in [0, 0.1) is 0 Å². The molecule has 2 fully saturated rings. The summed E-state index contributed by atoms with van der Waals surface area (Å²) in [5.74, 6) is -1.08. The highest BCUT2D eigenvalue weighted by molar-refractivity contribution is 5.91. The molecule has 17 heavy (non-hydrogen) atoms. The Labute approximate surface area is 98.5 Å². The molecule has 2 heterocycles. The van der Waals surface area contributed by atoms with Crippen molar-refractivity contribution in [2.45, 2.75) is 38.5 Å². The lowest BCUT2D eigenvalue weighted by atomic mass is 10.0. The van der Waals surface area contributed by atoms with Gasteiger partial charge in [0, 0.05) is 0 Å². The van der Waals surface area contributed by atoms with Crippen LogP contribution in [-0.4, -0.2) is 45.9 Å². The van der Waals surface area contributed by atoms with Crippen molar-refractivity contribution < 1.29 is 24.5 Å². The molecule has 2 aliphatic heterocycles. The molecule has 2 N–H and O–H groups in total. The highest BCUT2D eigenvalue weighted by atomic mass is 16.5. The summed E-state index contributed by atoms with van der Waals surface area (Å²) in [5, 5.41) is 18.4. The van der Waals surface area contributed by atoms with Gasteiger partial charge in [0.1, 0.15) is 5.76 Å². The van der Waals surface area contributed by atoms with Crippen LogP contribution in [0.3, 0.4) is 0 Å². The molecule has 1 unspecified atom stereocenters. The molecule has 0 aromatic rings. The summed E-state index contributed by atoms with van der Waals surface area (Å²) in [7, 11) is 0. The molecule has 0 aromatic heterocycles. The van der Waals surface area contributed by atoms with E-state index in [0.717, 1.165) is 6.42 Å². The van der Waals surface area contributed by atoms with Crippen LogP contribution in [-0.2, 0) is 14.3 Å². The number of nitrogens with zero attached hydrogens (tertiary/aromatic N) is 1. The average molecular weight is 241 g/mol. The summed E-state index contributed by atoms with van der Waals surface area (Å²) in [6.07, 6.45) is 1.12. The lowest BCUT2D eigenvalue weighted by Crippen LogP contribution is -2.54. The third-order valence-electron chi connectivity index (χ3n) is 3.06. The molecule has 6 nitrogen and oxygen atoms in total. The molecule has 0 aromatic carbocycles. The van der Waals surface area contributed by atoms with E-state index < -0.39 is 18.2 Å². The van der Waals surface area contributed by atoms with Gasteiger partial charge in [0.25, 0.3) is 0 Å². The number of carboxylic acid groups (broad SMARTS) is 1. The second-order valence-corrected chi connectivity index (χ2v) is 4.19. The van der Waals surface area contributed by atoms with Gasteiger partial charge in [-0.2, -0.15) is 0 Å². The molecule has 2 rings (SSSR count). The molecule has 0 saturated carbocycles. The minimum absolute atomic E-state index is 0.216. The van der Waals surface area contributed by atoms with Crippen molar-refractivity contribution >= 4 is 11.9 Å². The number of hydrogen-bond acceptors (Lipinski definition) is 4. The molecule has 0 radical (unpaired) electrons. The maximum atomic E-state index is 11.3. The Morgan fingerprint density at radius 3 is 2.76 bits per heavy atom. The van der Waals surface area contributed by atoms with Crippen molar-refractivity contribution in [1.29, 1.82) is 0 Å². The molecule has 2 saturated heterocycles. The predicted molar refractivity (Wildman–Crippen MR) is 56.8 cm³/mol. The summed E-state index contributed by atoms with van der Waals surface area (Å²) in [5.41, 5.74) is 0.571. The smallest absolute Gasteiger partial charge is 0.334 e. The fourth-order valence-corrected chi connectivity index (χ4v) is 2.24. The van der Waals surface area contributed by atoms with Crippen LogP contribution >= 0.6 is 0 Å². The zero-order valence-corrected chi connectivity index (χ0v) is 9.55. The van der Waals surface area contributed by atoms with Crippen LogP contribution in [0.4, 0.5) is 0 Å². The average Bonchev–Trinajstić information content (AvgIpc) is 2.59. The van der Waals surface area contributed by atoms with Gasteiger partial charge >= 0.3 is 5.97 Å². The minimum Gasteiger partial charge on any atom is -0.479 e. The molecule has 6 heteroatoms. The number of ether oxygens (including phenoxy) is 1. The number of carboxylic acids is 1. The predicted octanol–water partition coefficient (Wildman–Crippen LogP) is 0.0747. The number of hydrogen-bond donors (Lipinski definition) is 2. The normalized spacial score (nSPS) is 29.5. The Hall–Kier alpha value is -1.56. The van der Waals surface area contributed by atoms with Gasteiger partial charge in [0.2, 0.25) is 5.91 Å². The van der Waals surface area contributed by atoms with Crippen molar-refractivity contribution in [3.05, 3.63) is 11.3 Å². The first kappa shape index (κ1) is 11.9. The van der Waals surface area contributed by atoms with E-state index in [1.807, 2.05) is 6.92 Å². The standard InChI is InChI=1S/C11H15NO5/c1-2-3-6(5-13)10-9(11(15)16)12-7(14)4-8(12)17-10/h8-9,13H,2-5H2,1H3,(H,15,16)/t8-,9?/m1/s1. The van der Waals surface area contributed by atoms with Crippen molar-refractivity contribution in [2.24, 2.45) is 0 Å². The monoisotopic (exact) mass is 241 g/mol. The fourth-order valence-electron chi connectivity index (χ4n) is 2.24. The molecule has 2 aliphatic rings. The lowest BCUT2D eigenvalue weighted by Gasteiger charge is -2.33. The van der Waals surface area contributed by atoms with E-state index in [2.05, 4.69) is 0 Å². The number of rotatable bonds is 4. The molecular weight excluding hydrogens is 226 g/mol. The number of aliphatic hydroxyl groups excluding tert-OH is 1. The molecule has 0 bridgehead atoms. The van der Waals surface area contributed by atoms with Crippen molar-refractivity contribution in [3.63, 3.8) is 0 Å². The summed E-state index contributed by atoms with van der Waals surface area (Å²) in [6.45, 7) is 1.70. The number of amides is 1. The van der Waals surface area contributed by atoms with Gasteiger partial charge in [-0.3, -0.25) is 9.69 Å². The first-order chi connectivity index (χ1) is 8.10. The van der Waals surface area contributed by atoms with Crippen molar-refractivity contribution in [2.75, 3.05) is 6.61 Å². The number of aliphatic hydroxyl groups is 1. The first-order valence-corrected chi connectivity index (χ1v) is 5.63. The molecule has 1 amide bonds. The second kappa shape index (κ2) is 4.37. The van der Waals surface area contributed by atoms with E-state index in [9.17, 15) is 14.7 Å². The number of carbonyl (C=O) groups is 2. The van der Waals surface area contributed by atoms with E-state index in [4.69, 9.17) is 9.84 Å². The maximum Gasteiger partial charge on any atom is 0.334 e. The van der Waals surface area contributed by atoms with Gasteiger partial charge in [-0.05, 0) is 12.0 Å². The van der Waals surface area contributed by atoms with E-state index >= 15 is 0 Å². The Kier molecular flexibility index (Phi) is 3.06. The quantitative estimate of drug-likeness (QED) is 0.680. The van der Waals surface area contributed by atoms with Gasteiger partial charge in [0.05, 0.1) is 13.0 Å². The third-order valence-corrected chi connectivity index (χ3v) is 3.06. The van der Waals surface area contributed by atoms with Gasteiger partial charge in [0.15, 0.2) is 12.3 Å². The zero-order chi connectivity index (χ0) is 12.6.